The second kappa shape index (κ2) is 6.72. The number of nitrogens with zero attached hydrogens (tertiary/aromatic N) is 2. The number of rotatable bonds is 3. The van der Waals surface area contributed by atoms with E-state index in [4.69, 9.17) is 9.47 Å². The van der Waals surface area contributed by atoms with E-state index < -0.39 is 5.41 Å². The standard InChI is InChI=1S/C23H22N2O3/c1-23(16-7-5-4-6-8-16)13-21(26)25-10-9-15-11-19(27-2)20(28-3)12-17(15)22(25)18(23)14-24/h4-8,11-12H,9-10,13H2,1-3H3. The first-order chi connectivity index (χ1) is 13.5. The minimum absolute atomic E-state index is 0.0424. The normalized spacial score (nSPS) is 20.9. The molecule has 4 rings (SSSR count). The number of ether oxygens (including phenoxy) is 2. The van der Waals surface area contributed by atoms with Crippen LogP contribution in [0.3, 0.4) is 0 Å². The monoisotopic (exact) mass is 374 g/mol. The van der Waals surface area contributed by atoms with Gasteiger partial charge in [0.2, 0.25) is 5.91 Å². The van der Waals surface area contributed by atoms with Crippen LogP contribution in [0.25, 0.3) is 5.70 Å². The van der Waals surface area contributed by atoms with Crippen molar-refractivity contribution >= 4 is 11.6 Å². The molecule has 2 aliphatic rings. The van der Waals surface area contributed by atoms with Crippen molar-refractivity contribution in [1.29, 1.82) is 5.26 Å². The van der Waals surface area contributed by atoms with Gasteiger partial charge < -0.3 is 14.4 Å². The molecule has 0 aliphatic carbocycles. The zero-order valence-corrected chi connectivity index (χ0v) is 16.3. The maximum absolute atomic E-state index is 13.1. The lowest BCUT2D eigenvalue weighted by Crippen LogP contribution is -2.45. The van der Waals surface area contributed by atoms with Gasteiger partial charge in [-0.2, -0.15) is 5.26 Å². The first kappa shape index (κ1) is 18.1. The molecule has 28 heavy (non-hydrogen) atoms. The summed E-state index contributed by atoms with van der Waals surface area (Å²) in [5, 5.41) is 10.2. The van der Waals surface area contributed by atoms with Crippen LogP contribution in [0.1, 0.15) is 30.0 Å². The molecule has 2 heterocycles. The predicted octanol–water partition coefficient (Wildman–Crippen LogP) is 3.68. The van der Waals surface area contributed by atoms with Gasteiger partial charge in [0.1, 0.15) is 0 Å². The van der Waals surface area contributed by atoms with Crippen LogP contribution in [0.4, 0.5) is 0 Å². The molecule has 1 amide bonds. The van der Waals surface area contributed by atoms with Crippen LogP contribution in [0.15, 0.2) is 48.0 Å². The Hall–Kier alpha value is -3.26. The van der Waals surface area contributed by atoms with Crippen LogP contribution in [-0.2, 0) is 16.6 Å². The molecule has 0 saturated heterocycles. The van der Waals surface area contributed by atoms with E-state index in [1.807, 2.05) is 49.4 Å². The molecule has 0 spiro atoms. The first-order valence-electron chi connectivity index (χ1n) is 9.29. The van der Waals surface area contributed by atoms with Gasteiger partial charge in [0, 0.05) is 23.9 Å². The molecule has 1 atom stereocenters. The number of hydrogen-bond donors (Lipinski definition) is 0. The van der Waals surface area contributed by atoms with Crippen molar-refractivity contribution in [3.05, 3.63) is 64.7 Å². The van der Waals surface area contributed by atoms with E-state index >= 15 is 0 Å². The molecule has 5 nitrogen and oxygen atoms in total. The summed E-state index contributed by atoms with van der Waals surface area (Å²) in [5.74, 6) is 1.29. The van der Waals surface area contributed by atoms with E-state index in [1.165, 1.54) is 0 Å². The molecule has 2 aromatic rings. The molecular weight excluding hydrogens is 352 g/mol. The number of benzene rings is 2. The number of allylic oxidation sites excluding steroid dienone is 1. The topological polar surface area (TPSA) is 62.6 Å². The molecule has 1 unspecified atom stereocenters. The zero-order valence-electron chi connectivity index (χ0n) is 16.3. The Bertz CT molecular complexity index is 1020. The van der Waals surface area contributed by atoms with E-state index in [-0.39, 0.29) is 12.3 Å². The number of methoxy groups -OCH3 is 2. The SMILES string of the molecule is COc1cc2c(cc1OC)C1=C(C#N)C(C)(c3ccccc3)CC(=O)N1CC2. The average molecular weight is 374 g/mol. The highest BCUT2D eigenvalue weighted by atomic mass is 16.5. The summed E-state index contributed by atoms with van der Waals surface area (Å²) in [7, 11) is 3.19. The van der Waals surface area contributed by atoms with Crippen LogP contribution < -0.4 is 9.47 Å². The van der Waals surface area contributed by atoms with Gasteiger partial charge >= 0.3 is 0 Å². The Labute approximate surface area is 164 Å². The molecule has 0 bridgehead atoms. The summed E-state index contributed by atoms with van der Waals surface area (Å²) < 4.78 is 10.9. The van der Waals surface area contributed by atoms with Crippen LogP contribution in [-0.4, -0.2) is 31.6 Å². The molecule has 0 saturated carbocycles. The van der Waals surface area contributed by atoms with Crippen molar-refractivity contribution in [2.75, 3.05) is 20.8 Å². The minimum atomic E-state index is -0.666. The quantitative estimate of drug-likeness (QED) is 0.822. The summed E-state index contributed by atoms with van der Waals surface area (Å²) >= 11 is 0. The molecular formula is C23H22N2O3. The van der Waals surface area contributed by atoms with Crippen LogP contribution in [0.5, 0.6) is 11.5 Å². The Morgan fingerprint density at radius 3 is 2.43 bits per heavy atom. The lowest BCUT2D eigenvalue weighted by molar-refractivity contribution is -0.129. The number of carbonyl (C=O) groups is 1. The van der Waals surface area contributed by atoms with Crippen molar-refractivity contribution in [2.45, 2.75) is 25.2 Å². The zero-order chi connectivity index (χ0) is 19.9. The average Bonchev–Trinajstić information content (AvgIpc) is 2.73. The highest BCUT2D eigenvalue weighted by Gasteiger charge is 2.45. The Kier molecular flexibility index (Phi) is 4.35. The summed E-state index contributed by atoms with van der Waals surface area (Å²) in [4.78, 5) is 14.9. The Morgan fingerprint density at radius 2 is 1.79 bits per heavy atom. The third kappa shape index (κ3) is 2.56. The number of fused-ring (bicyclic) bond motifs is 3. The third-order valence-electron chi connectivity index (χ3n) is 5.86. The van der Waals surface area contributed by atoms with Crippen molar-refractivity contribution in [3.8, 4) is 17.6 Å². The van der Waals surface area contributed by atoms with Crippen molar-refractivity contribution in [3.63, 3.8) is 0 Å². The minimum Gasteiger partial charge on any atom is -0.493 e. The third-order valence-corrected chi connectivity index (χ3v) is 5.86. The number of carbonyl (C=O) groups excluding carboxylic acids is 1. The van der Waals surface area contributed by atoms with Gasteiger partial charge in [-0.15, -0.1) is 0 Å². The Balaban J connectivity index is 2.01. The molecule has 0 aromatic heterocycles. The van der Waals surface area contributed by atoms with Gasteiger partial charge in [0.05, 0.1) is 31.6 Å². The molecule has 0 N–H and O–H groups in total. The van der Waals surface area contributed by atoms with E-state index in [0.717, 1.165) is 16.7 Å². The lowest BCUT2D eigenvalue weighted by Gasteiger charge is -2.43. The lowest BCUT2D eigenvalue weighted by atomic mass is 9.69. The van der Waals surface area contributed by atoms with Gasteiger partial charge in [-0.1, -0.05) is 37.3 Å². The molecule has 0 fully saturated rings. The summed E-state index contributed by atoms with van der Waals surface area (Å²) in [6.45, 7) is 2.55. The van der Waals surface area contributed by atoms with Crippen molar-refractivity contribution < 1.29 is 14.3 Å². The van der Waals surface area contributed by atoms with Gasteiger partial charge in [-0.05, 0) is 29.7 Å². The second-order valence-corrected chi connectivity index (χ2v) is 7.37. The fourth-order valence-electron chi connectivity index (χ4n) is 4.33. The molecule has 5 heteroatoms. The summed E-state index contributed by atoms with van der Waals surface area (Å²) in [6.07, 6.45) is 0.998. The second-order valence-electron chi connectivity index (χ2n) is 7.37. The number of nitriles is 1. The molecule has 2 aromatic carbocycles. The van der Waals surface area contributed by atoms with Gasteiger partial charge in [0.25, 0.3) is 0 Å². The molecule has 2 aliphatic heterocycles. The van der Waals surface area contributed by atoms with E-state index in [0.29, 0.717) is 35.7 Å². The summed E-state index contributed by atoms with van der Waals surface area (Å²) in [5.41, 5.74) is 3.55. The predicted molar refractivity (Wildman–Crippen MR) is 106 cm³/mol. The van der Waals surface area contributed by atoms with Crippen molar-refractivity contribution in [1.82, 2.24) is 4.90 Å². The summed E-state index contributed by atoms with van der Waals surface area (Å²) in [6, 6.07) is 16.1. The van der Waals surface area contributed by atoms with Gasteiger partial charge in [0.15, 0.2) is 11.5 Å². The Morgan fingerprint density at radius 1 is 1.11 bits per heavy atom. The highest BCUT2D eigenvalue weighted by Crippen LogP contribution is 2.48. The van der Waals surface area contributed by atoms with E-state index in [9.17, 15) is 10.1 Å². The maximum Gasteiger partial charge on any atom is 0.228 e. The number of amides is 1. The fourth-order valence-corrected chi connectivity index (χ4v) is 4.33. The molecule has 0 radical (unpaired) electrons. The largest absolute Gasteiger partial charge is 0.493 e. The number of hydrogen-bond acceptors (Lipinski definition) is 4. The fraction of sp³-hybridized carbons (Fsp3) is 0.304. The van der Waals surface area contributed by atoms with E-state index in [2.05, 4.69) is 6.07 Å². The van der Waals surface area contributed by atoms with E-state index in [1.54, 1.807) is 19.1 Å². The van der Waals surface area contributed by atoms with Gasteiger partial charge in [-0.25, -0.2) is 0 Å². The van der Waals surface area contributed by atoms with Crippen LogP contribution in [0.2, 0.25) is 0 Å². The molecule has 142 valence electrons. The van der Waals surface area contributed by atoms with Gasteiger partial charge in [-0.3, -0.25) is 4.79 Å². The first-order valence-corrected chi connectivity index (χ1v) is 9.29. The van der Waals surface area contributed by atoms with Crippen molar-refractivity contribution in [2.24, 2.45) is 0 Å². The van der Waals surface area contributed by atoms with Crippen LogP contribution in [0, 0.1) is 11.3 Å². The maximum atomic E-state index is 13.1. The van der Waals surface area contributed by atoms with Crippen LogP contribution >= 0.6 is 0 Å². The highest BCUT2D eigenvalue weighted by molar-refractivity contribution is 5.96. The smallest absolute Gasteiger partial charge is 0.228 e.